The predicted molar refractivity (Wildman–Crippen MR) is 91.1 cm³/mol. The molecule has 0 spiro atoms. The third kappa shape index (κ3) is 6.55. The van der Waals surface area contributed by atoms with Gasteiger partial charge in [-0.05, 0) is 42.7 Å². The van der Waals surface area contributed by atoms with Gasteiger partial charge in [-0.25, -0.2) is 4.39 Å². The first-order chi connectivity index (χ1) is 11.3. The summed E-state index contributed by atoms with van der Waals surface area (Å²) in [6, 6.07) is 10.5. The highest BCUT2D eigenvalue weighted by Gasteiger charge is 2.01. The Balaban J connectivity index is 1.76. The maximum atomic E-state index is 13.2. The van der Waals surface area contributed by atoms with Crippen LogP contribution < -0.4 is 10.6 Å². The zero-order valence-corrected chi connectivity index (χ0v) is 13.5. The molecule has 0 aliphatic carbocycles. The number of rotatable bonds is 8. The van der Waals surface area contributed by atoms with Crippen LogP contribution in [0.15, 0.2) is 52.1 Å². The molecule has 0 saturated heterocycles. The van der Waals surface area contributed by atoms with Crippen LogP contribution in [0.2, 0.25) is 0 Å². The minimum absolute atomic E-state index is 0.195. The van der Waals surface area contributed by atoms with Crippen LogP contribution in [0.1, 0.15) is 24.7 Å². The molecule has 124 valence electrons. The second-order valence-corrected chi connectivity index (χ2v) is 5.29. The van der Waals surface area contributed by atoms with Gasteiger partial charge in [0.1, 0.15) is 11.6 Å². The molecule has 0 unspecified atom stereocenters. The number of furan rings is 1. The van der Waals surface area contributed by atoms with E-state index in [2.05, 4.69) is 22.5 Å². The first kappa shape index (κ1) is 17.1. The van der Waals surface area contributed by atoms with Crippen LogP contribution in [0, 0.1) is 5.82 Å². The minimum atomic E-state index is -0.195. The van der Waals surface area contributed by atoms with Crippen LogP contribution in [0.5, 0.6) is 0 Å². The van der Waals surface area contributed by atoms with Gasteiger partial charge in [0.25, 0.3) is 0 Å². The normalized spacial score (nSPS) is 11.5. The molecule has 0 aliphatic rings. The molecule has 0 aliphatic heterocycles. The Labute approximate surface area is 136 Å². The Morgan fingerprint density at radius 3 is 2.65 bits per heavy atom. The molecule has 1 aromatic heterocycles. The molecule has 2 aromatic rings. The smallest absolute Gasteiger partial charge is 0.191 e. The van der Waals surface area contributed by atoms with Crippen molar-refractivity contribution in [2.24, 2.45) is 4.99 Å². The fourth-order valence-electron chi connectivity index (χ4n) is 2.17. The molecular weight excluding hydrogens is 293 g/mol. The van der Waals surface area contributed by atoms with Gasteiger partial charge in [-0.2, -0.15) is 0 Å². The van der Waals surface area contributed by atoms with E-state index >= 15 is 0 Å². The second kappa shape index (κ2) is 9.66. The van der Waals surface area contributed by atoms with Crippen LogP contribution in [0.25, 0.3) is 0 Å². The fraction of sp³-hybridized carbons (Fsp3) is 0.389. The molecule has 0 bridgehead atoms. The lowest BCUT2D eigenvalue weighted by atomic mass is 10.1. The molecular formula is C18H24FN3O. The maximum Gasteiger partial charge on any atom is 0.191 e. The van der Waals surface area contributed by atoms with E-state index in [1.807, 2.05) is 18.2 Å². The van der Waals surface area contributed by atoms with Crippen molar-refractivity contribution >= 4 is 5.96 Å². The first-order valence-electron chi connectivity index (χ1n) is 8.07. The van der Waals surface area contributed by atoms with Crippen molar-refractivity contribution in [3.8, 4) is 0 Å². The molecule has 2 N–H and O–H groups in total. The van der Waals surface area contributed by atoms with E-state index in [1.165, 1.54) is 6.07 Å². The van der Waals surface area contributed by atoms with E-state index in [-0.39, 0.29) is 5.82 Å². The lowest BCUT2D eigenvalue weighted by Gasteiger charge is -2.12. The van der Waals surface area contributed by atoms with E-state index in [0.29, 0.717) is 6.54 Å². The van der Waals surface area contributed by atoms with Crippen LogP contribution in [-0.4, -0.2) is 25.6 Å². The molecule has 23 heavy (non-hydrogen) atoms. The molecule has 0 radical (unpaired) electrons. The zero-order chi connectivity index (χ0) is 16.3. The Kier molecular flexibility index (Phi) is 7.17. The molecule has 2 rings (SSSR count). The van der Waals surface area contributed by atoms with Crippen molar-refractivity contribution in [1.29, 1.82) is 0 Å². The Hall–Kier alpha value is -2.30. The van der Waals surface area contributed by atoms with Gasteiger partial charge in [0.15, 0.2) is 5.96 Å². The van der Waals surface area contributed by atoms with Crippen molar-refractivity contribution in [2.45, 2.75) is 26.2 Å². The zero-order valence-electron chi connectivity index (χ0n) is 13.5. The molecule has 0 amide bonds. The second-order valence-electron chi connectivity index (χ2n) is 5.29. The summed E-state index contributed by atoms with van der Waals surface area (Å²) < 4.78 is 18.5. The predicted octanol–water partition coefficient (Wildman–Crippen LogP) is 3.15. The summed E-state index contributed by atoms with van der Waals surface area (Å²) >= 11 is 0. The van der Waals surface area contributed by atoms with Crippen molar-refractivity contribution in [3.63, 3.8) is 0 Å². The van der Waals surface area contributed by atoms with E-state index in [0.717, 1.165) is 49.6 Å². The fourth-order valence-corrected chi connectivity index (χ4v) is 2.17. The number of nitrogens with one attached hydrogen (secondary N) is 2. The standard InChI is InChI=1S/C18H24FN3O/c1-2-10-20-18(22-12-9-17-7-4-13-23-17)21-11-8-15-5-3-6-16(19)14-15/h3-7,13-14H,2,8-12H2,1H3,(H2,20,21,22). The van der Waals surface area contributed by atoms with Gasteiger partial charge in [-0.3, -0.25) is 4.99 Å². The highest BCUT2D eigenvalue weighted by molar-refractivity contribution is 5.79. The van der Waals surface area contributed by atoms with Crippen LogP contribution in [0.3, 0.4) is 0 Å². The van der Waals surface area contributed by atoms with Crippen LogP contribution in [-0.2, 0) is 12.8 Å². The number of benzene rings is 1. The van der Waals surface area contributed by atoms with Gasteiger partial charge in [0.2, 0.25) is 0 Å². The van der Waals surface area contributed by atoms with Crippen molar-refractivity contribution < 1.29 is 8.81 Å². The Morgan fingerprint density at radius 1 is 1.13 bits per heavy atom. The third-order valence-corrected chi connectivity index (χ3v) is 3.33. The first-order valence-corrected chi connectivity index (χ1v) is 8.07. The molecule has 0 atom stereocenters. The molecule has 0 saturated carbocycles. The van der Waals surface area contributed by atoms with Gasteiger partial charge in [0, 0.05) is 26.1 Å². The molecule has 1 heterocycles. The lowest BCUT2D eigenvalue weighted by molar-refractivity contribution is 0.506. The largest absolute Gasteiger partial charge is 0.469 e. The average Bonchev–Trinajstić information content (AvgIpc) is 3.05. The van der Waals surface area contributed by atoms with Gasteiger partial charge in [0.05, 0.1) is 6.26 Å². The number of aliphatic imine (C=N–C) groups is 1. The quantitative estimate of drug-likeness (QED) is 0.581. The highest BCUT2D eigenvalue weighted by Crippen LogP contribution is 2.03. The topological polar surface area (TPSA) is 49.6 Å². The van der Waals surface area contributed by atoms with Crippen molar-refractivity contribution in [3.05, 3.63) is 59.8 Å². The molecule has 0 fully saturated rings. The summed E-state index contributed by atoms with van der Waals surface area (Å²) in [5.41, 5.74) is 0.975. The maximum absolute atomic E-state index is 13.2. The van der Waals surface area contributed by atoms with Crippen LogP contribution in [0.4, 0.5) is 4.39 Å². The lowest BCUT2D eigenvalue weighted by Crippen LogP contribution is -2.39. The van der Waals surface area contributed by atoms with Crippen molar-refractivity contribution in [2.75, 3.05) is 19.6 Å². The number of nitrogens with zero attached hydrogens (tertiary/aromatic N) is 1. The van der Waals surface area contributed by atoms with Crippen LogP contribution >= 0.6 is 0 Å². The number of hydrogen-bond acceptors (Lipinski definition) is 2. The monoisotopic (exact) mass is 317 g/mol. The minimum Gasteiger partial charge on any atom is -0.469 e. The summed E-state index contributed by atoms with van der Waals surface area (Å²) in [6.45, 7) is 4.33. The number of hydrogen-bond donors (Lipinski definition) is 2. The van der Waals surface area contributed by atoms with Gasteiger partial charge in [-0.15, -0.1) is 0 Å². The van der Waals surface area contributed by atoms with E-state index in [4.69, 9.17) is 4.42 Å². The molecule has 1 aromatic carbocycles. The van der Waals surface area contributed by atoms with E-state index < -0.39 is 0 Å². The van der Waals surface area contributed by atoms with Gasteiger partial charge in [-0.1, -0.05) is 19.1 Å². The summed E-state index contributed by atoms with van der Waals surface area (Å²) in [5.74, 6) is 1.54. The molecule has 4 nitrogen and oxygen atoms in total. The summed E-state index contributed by atoms with van der Waals surface area (Å²) in [7, 11) is 0. The van der Waals surface area contributed by atoms with Crippen molar-refractivity contribution in [1.82, 2.24) is 10.6 Å². The number of halogens is 1. The SMILES string of the molecule is CCCN=C(NCCc1cccc(F)c1)NCCc1ccco1. The summed E-state index contributed by atoms with van der Waals surface area (Å²) in [4.78, 5) is 4.50. The van der Waals surface area contributed by atoms with Gasteiger partial charge >= 0.3 is 0 Å². The summed E-state index contributed by atoms with van der Waals surface area (Å²) in [6.07, 6.45) is 4.24. The summed E-state index contributed by atoms with van der Waals surface area (Å²) in [5, 5.41) is 6.58. The number of guanidine groups is 1. The van der Waals surface area contributed by atoms with Gasteiger partial charge < -0.3 is 15.1 Å². The Bertz CT molecular complexity index is 596. The Morgan fingerprint density at radius 2 is 1.96 bits per heavy atom. The third-order valence-electron chi connectivity index (χ3n) is 3.33. The average molecular weight is 317 g/mol. The molecule has 5 heteroatoms. The van der Waals surface area contributed by atoms with E-state index in [9.17, 15) is 4.39 Å². The highest BCUT2D eigenvalue weighted by atomic mass is 19.1. The van der Waals surface area contributed by atoms with E-state index in [1.54, 1.807) is 18.4 Å².